The average Bonchev–Trinajstić information content (AvgIpc) is 2.54. The Kier molecular flexibility index (Phi) is 4.35. The summed E-state index contributed by atoms with van der Waals surface area (Å²) in [4.78, 5) is 14.5. The Morgan fingerprint density at radius 1 is 1.17 bits per heavy atom. The quantitative estimate of drug-likeness (QED) is 0.785. The molecule has 0 N–H and O–H groups in total. The van der Waals surface area contributed by atoms with Crippen molar-refractivity contribution in [3.63, 3.8) is 0 Å². The summed E-state index contributed by atoms with van der Waals surface area (Å²) in [5.74, 6) is -0.172. The lowest BCUT2D eigenvalue weighted by Crippen LogP contribution is -2.42. The summed E-state index contributed by atoms with van der Waals surface area (Å²) in [6.07, 6.45) is -2.68. The van der Waals surface area contributed by atoms with Crippen molar-refractivity contribution in [3.05, 3.63) is 65.2 Å². The number of hydrogen-bond acceptors (Lipinski definition) is 1. The van der Waals surface area contributed by atoms with Crippen molar-refractivity contribution in [1.29, 1.82) is 0 Å². The Morgan fingerprint density at radius 3 is 2.67 bits per heavy atom. The van der Waals surface area contributed by atoms with Crippen molar-refractivity contribution < 1.29 is 18.0 Å². The standard InChI is InChI=1S/C19H18F3NO/c1-13-9-10-15-6-2-3-8-17(15)23(13)18(24)12-14-5-4-7-16(11-14)19(20,21)22/h2-8,11,13H,9-10,12H2,1H3/t13-/m1/s1. The van der Waals surface area contributed by atoms with E-state index in [2.05, 4.69) is 0 Å². The van der Waals surface area contributed by atoms with Crippen molar-refractivity contribution in [2.24, 2.45) is 0 Å². The van der Waals surface area contributed by atoms with E-state index >= 15 is 0 Å². The van der Waals surface area contributed by atoms with Gasteiger partial charge in [0.05, 0.1) is 12.0 Å². The summed E-state index contributed by atoms with van der Waals surface area (Å²) in [6, 6.07) is 12.7. The number of para-hydroxylation sites is 1. The van der Waals surface area contributed by atoms with E-state index in [1.54, 1.807) is 11.0 Å². The third kappa shape index (κ3) is 3.30. The van der Waals surface area contributed by atoms with E-state index in [-0.39, 0.29) is 18.4 Å². The van der Waals surface area contributed by atoms with Crippen molar-refractivity contribution in [2.45, 2.75) is 38.4 Å². The molecule has 0 fully saturated rings. The third-order valence-electron chi connectivity index (χ3n) is 4.40. The van der Waals surface area contributed by atoms with Crippen molar-refractivity contribution >= 4 is 11.6 Å². The predicted molar refractivity (Wildman–Crippen MR) is 86.9 cm³/mol. The van der Waals surface area contributed by atoms with Crippen LogP contribution in [0.1, 0.15) is 30.0 Å². The third-order valence-corrected chi connectivity index (χ3v) is 4.40. The van der Waals surface area contributed by atoms with Gasteiger partial charge in [0.25, 0.3) is 0 Å². The maximum atomic E-state index is 12.8. The molecule has 1 atom stereocenters. The highest BCUT2D eigenvalue weighted by molar-refractivity contribution is 5.96. The SMILES string of the molecule is C[C@@H]1CCc2ccccc2N1C(=O)Cc1cccc(C(F)(F)F)c1. The molecule has 1 heterocycles. The normalized spacial score (nSPS) is 17.5. The number of anilines is 1. The summed E-state index contributed by atoms with van der Waals surface area (Å²) >= 11 is 0. The number of nitrogens with zero attached hydrogens (tertiary/aromatic N) is 1. The van der Waals surface area contributed by atoms with Gasteiger partial charge in [0.2, 0.25) is 5.91 Å². The van der Waals surface area contributed by atoms with Gasteiger partial charge in [0, 0.05) is 11.7 Å². The van der Waals surface area contributed by atoms with Gasteiger partial charge in [0.1, 0.15) is 0 Å². The van der Waals surface area contributed by atoms with E-state index in [9.17, 15) is 18.0 Å². The van der Waals surface area contributed by atoms with Crippen molar-refractivity contribution in [2.75, 3.05) is 4.90 Å². The smallest absolute Gasteiger partial charge is 0.309 e. The van der Waals surface area contributed by atoms with E-state index in [1.165, 1.54) is 6.07 Å². The second kappa shape index (κ2) is 6.30. The maximum absolute atomic E-state index is 12.8. The molecule has 0 unspecified atom stereocenters. The van der Waals surface area contributed by atoms with Gasteiger partial charge >= 0.3 is 6.18 Å². The summed E-state index contributed by atoms with van der Waals surface area (Å²) in [6.45, 7) is 1.97. The van der Waals surface area contributed by atoms with Gasteiger partial charge in [-0.15, -0.1) is 0 Å². The zero-order valence-corrected chi connectivity index (χ0v) is 13.3. The fourth-order valence-corrected chi connectivity index (χ4v) is 3.19. The van der Waals surface area contributed by atoms with E-state index in [0.717, 1.165) is 36.2 Å². The molecule has 1 aliphatic heterocycles. The van der Waals surface area contributed by atoms with Crippen LogP contribution in [0.4, 0.5) is 18.9 Å². The van der Waals surface area contributed by atoms with Gasteiger partial charge in [-0.3, -0.25) is 4.79 Å². The Morgan fingerprint density at radius 2 is 1.92 bits per heavy atom. The van der Waals surface area contributed by atoms with Gasteiger partial charge in [-0.05, 0) is 43.0 Å². The number of carbonyl (C=O) groups excluding carboxylic acids is 1. The summed E-state index contributed by atoms with van der Waals surface area (Å²) in [5, 5.41) is 0. The molecule has 3 rings (SSSR count). The zero-order chi connectivity index (χ0) is 17.3. The van der Waals surface area contributed by atoms with Crippen LogP contribution in [0.3, 0.4) is 0 Å². The Balaban J connectivity index is 1.85. The first-order valence-corrected chi connectivity index (χ1v) is 7.92. The van der Waals surface area contributed by atoms with Crippen LogP contribution in [0, 0.1) is 0 Å². The molecule has 0 bridgehead atoms. The number of fused-ring (bicyclic) bond motifs is 1. The fourth-order valence-electron chi connectivity index (χ4n) is 3.19. The average molecular weight is 333 g/mol. The van der Waals surface area contributed by atoms with Crippen LogP contribution in [0.5, 0.6) is 0 Å². The first-order valence-electron chi connectivity index (χ1n) is 7.92. The minimum Gasteiger partial charge on any atom is -0.309 e. The van der Waals surface area contributed by atoms with E-state index in [4.69, 9.17) is 0 Å². The first kappa shape index (κ1) is 16.6. The van der Waals surface area contributed by atoms with Crippen LogP contribution >= 0.6 is 0 Å². The van der Waals surface area contributed by atoms with Crippen LogP contribution in [0.15, 0.2) is 48.5 Å². The first-order chi connectivity index (χ1) is 11.4. The van der Waals surface area contributed by atoms with Crippen LogP contribution in [-0.2, 0) is 23.8 Å². The topological polar surface area (TPSA) is 20.3 Å². The number of amides is 1. The van der Waals surface area contributed by atoms with E-state index in [0.29, 0.717) is 5.56 Å². The molecule has 0 saturated carbocycles. The van der Waals surface area contributed by atoms with Crippen LogP contribution < -0.4 is 4.90 Å². The largest absolute Gasteiger partial charge is 0.416 e. The lowest BCUT2D eigenvalue weighted by molar-refractivity contribution is -0.137. The lowest BCUT2D eigenvalue weighted by atomic mass is 9.95. The van der Waals surface area contributed by atoms with Crippen molar-refractivity contribution in [3.8, 4) is 0 Å². The fraction of sp³-hybridized carbons (Fsp3) is 0.316. The molecule has 1 aliphatic rings. The summed E-state index contributed by atoms with van der Waals surface area (Å²) in [7, 11) is 0. The van der Waals surface area contributed by atoms with Crippen molar-refractivity contribution in [1.82, 2.24) is 0 Å². The van der Waals surface area contributed by atoms with Gasteiger partial charge in [-0.2, -0.15) is 13.2 Å². The zero-order valence-electron chi connectivity index (χ0n) is 13.3. The number of alkyl halides is 3. The molecule has 0 radical (unpaired) electrons. The van der Waals surface area contributed by atoms with Crippen LogP contribution in [0.25, 0.3) is 0 Å². The molecule has 2 aromatic rings. The maximum Gasteiger partial charge on any atom is 0.416 e. The lowest BCUT2D eigenvalue weighted by Gasteiger charge is -2.35. The molecule has 5 heteroatoms. The number of hydrogen-bond donors (Lipinski definition) is 0. The molecule has 126 valence electrons. The van der Waals surface area contributed by atoms with Crippen LogP contribution in [0.2, 0.25) is 0 Å². The molecular weight excluding hydrogens is 315 g/mol. The van der Waals surface area contributed by atoms with Gasteiger partial charge in [-0.25, -0.2) is 0 Å². The molecule has 2 nitrogen and oxygen atoms in total. The number of aryl methyl sites for hydroxylation is 1. The van der Waals surface area contributed by atoms with Crippen LogP contribution in [-0.4, -0.2) is 11.9 Å². The highest BCUT2D eigenvalue weighted by atomic mass is 19.4. The Labute approximate surface area is 138 Å². The van der Waals surface area contributed by atoms with Gasteiger partial charge in [-0.1, -0.05) is 36.4 Å². The highest BCUT2D eigenvalue weighted by Crippen LogP contribution is 2.32. The minimum atomic E-state index is -4.40. The number of rotatable bonds is 2. The molecule has 0 spiro atoms. The highest BCUT2D eigenvalue weighted by Gasteiger charge is 2.31. The predicted octanol–water partition coefficient (Wildman–Crippen LogP) is 4.62. The number of carbonyl (C=O) groups is 1. The summed E-state index contributed by atoms with van der Waals surface area (Å²) in [5.41, 5.74) is 1.63. The molecule has 0 aromatic heterocycles. The Hall–Kier alpha value is -2.30. The molecule has 0 saturated heterocycles. The molecule has 2 aromatic carbocycles. The molecule has 1 amide bonds. The summed E-state index contributed by atoms with van der Waals surface area (Å²) < 4.78 is 38.5. The minimum absolute atomic E-state index is 0.0391. The number of benzene rings is 2. The molecular formula is C19H18F3NO. The van der Waals surface area contributed by atoms with Gasteiger partial charge < -0.3 is 4.90 Å². The molecule has 0 aliphatic carbocycles. The monoisotopic (exact) mass is 333 g/mol. The van der Waals surface area contributed by atoms with Gasteiger partial charge in [0.15, 0.2) is 0 Å². The second-order valence-electron chi connectivity index (χ2n) is 6.16. The Bertz CT molecular complexity index is 754. The van der Waals surface area contributed by atoms with E-state index < -0.39 is 11.7 Å². The molecule has 24 heavy (non-hydrogen) atoms. The van der Waals surface area contributed by atoms with E-state index in [1.807, 2.05) is 31.2 Å². The second-order valence-corrected chi connectivity index (χ2v) is 6.16. The number of halogens is 3.